The molecular formula is C21H20N2O5. The quantitative estimate of drug-likeness (QED) is 0.629. The van der Waals surface area contributed by atoms with Gasteiger partial charge in [-0.05, 0) is 31.5 Å². The summed E-state index contributed by atoms with van der Waals surface area (Å²) >= 11 is 0. The van der Waals surface area contributed by atoms with Crippen molar-refractivity contribution in [1.82, 2.24) is 5.16 Å². The van der Waals surface area contributed by atoms with E-state index >= 15 is 0 Å². The van der Waals surface area contributed by atoms with E-state index in [1.54, 1.807) is 37.3 Å². The molecule has 0 spiro atoms. The summed E-state index contributed by atoms with van der Waals surface area (Å²) in [5, 5.41) is 6.13. The minimum absolute atomic E-state index is 0.250. The van der Waals surface area contributed by atoms with E-state index in [0.717, 1.165) is 11.1 Å². The first kappa shape index (κ1) is 19.2. The Labute approximate surface area is 162 Å². The van der Waals surface area contributed by atoms with Gasteiger partial charge in [-0.2, -0.15) is 0 Å². The van der Waals surface area contributed by atoms with Crippen LogP contribution in [0.4, 0.5) is 5.82 Å². The number of nitrogens with one attached hydrogen (secondary N) is 1. The maximum absolute atomic E-state index is 12.4. The van der Waals surface area contributed by atoms with Crippen LogP contribution in [0.1, 0.15) is 27.2 Å². The number of rotatable bonds is 7. The zero-order valence-corrected chi connectivity index (χ0v) is 15.6. The Hall–Kier alpha value is -3.61. The van der Waals surface area contributed by atoms with Gasteiger partial charge >= 0.3 is 5.97 Å². The van der Waals surface area contributed by atoms with Crippen molar-refractivity contribution in [3.05, 3.63) is 77.0 Å². The second kappa shape index (κ2) is 8.85. The Balaban J connectivity index is 1.58. The lowest BCUT2D eigenvalue weighted by molar-refractivity contribution is -0.119. The Morgan fingerprint density at radius 1 is 1.07 bits per heavy atom. The third-order valence-corrected chi connectivity index (χ3v) is 3.81. The Morgan fingerprint density at radius 3 is 2.64 bits per heavy atom. The van der Waals surface area contributed by atoms with Crippen LogP contribution in [0.5, 0.6) is 5.75 Å². The van der Waals surface area contributed by atoms with Gasteiger partial charge in [-0.15, -0.1) is 0 Å². The molecule has 3 aromatic rings. The maximum atomic E-state index is 12.4. The summed E-state index contributed by atoms with van der Waals surface area (Å²) in [7, 11) is 0. The summed E-state index contributed by atoms with van der Waals surface area (Å²) in [6.07, 6.45) is 0. The van der Waals surface area contributed by atoms with Crippen molar-refractivity contribution in [2.75, 3.05) is 11.9 Å². The molecule has 0 bridgehead atoms. The van der Waals surface area contributed by atoms with Crippen LogP contribution in [-0.2, 0) is 16.1 Å². The largest absolute Gasteiger partial charge is 0.488 e. The number of amides is 1. The van der Waals surface area contributed by atoms with Gasteiger partial charge in [-0.25, -0.2) is 4.79 Å². The predicted octanol–water partition coefficient (Wildman–Crippen LogP) is 3.67. The molecule has 0 atom stereocenters. The van der Waals surface area contributed by atoms with E-state index in [1.165, 1.54) is 0 Å². The Kier molecular flexibility index (Phi) is 6.06. The van der Waals surface area contributed by atoms with Crippen molar-refractivity contribution >= 4 is 17.7 Å². The van der Waals surface area contributed by atoms with E-state index in [9.17, 15) is 9.59 Å². The molecule has 0 aliphatic carbocycles. The number of hydrogen-bond acceptors (Lipinski definition) is 6. The molecule has 0 saturated carbocycles. The van der Waals surface area contributed by atoms with Gasteiger partial charge in [-0.1, -0.05) is 47.1 Å². The highest BCUT2D eigenvalue weighted by Gasteiger charge is 2.16. The number of para-hydroxylation sites is 1. The maximum Gasteiger partial charge on any atom is 0.342 e. The van der Waals surface area contributed by atoms with Crippen LogP contribution in [0.15, 0.2) is 59.1 Å². The minimum Gasteiger partial charge on any atom is -0.488 e. The van der Waals surface area contributed by atoms with Crippen LogP contribution >= 0.6 is 0 Å². The number of aromatic nitrogens is 1. The van der Waals surface area contributed by atoms with Gasteiger partial charge in [0, 0.05) is 6.07 Å². The van der Waals surface area contributed by atoms with Gasteiger partial charge in [0.2, 0.25) is 0 Å². The highest BCUT2D eigenvalue weighted by atomic mass is 16.5. The molecular weight excluding hydrogens is 360 g/mol. The highest BCUT2D eigenvalue weighted by molar-refractivity contribution is 5.96. The van der Waals surface area contributed by atoms with Crippen molar-refractivity contribution in [3.63, 3.8) is 0 Å². The van der Waals surface area contributed by atoms with Gasteiger partial charge in [0.15, 0.2) is 12.4 Å². The molecule has 1 aromatic heterocycles. The van der Waals surface area contributed by atoms with Crippen LogP contribution < -0.4 is 10.1 Å². The second-order valence-electron chi connectivity index (χ2n) is 6.22. The lowest BCUT2D eigenvalue weighted by Gasteiger charge is -2.11. The van der Waals surface area contributed by atoms with E-state index in [0.29, 0.717) is 18.1 Å². The normalized spacial score (nSPS) is 10.4. The van der Waals surface area contributed by atoms with Crippen LogP contribution in [-0.4, -0.2) is 23.6 Å². The highest BCUT2D eigenvalue weighted by Crippen LogP contribution is 2.20. The third kappa shape index (κ3) is 5.20. The number of carbonyl (C=O) groups excluding carboxylic acids is 2. The van der Waals surface area contributed by atoms with E-state index in [4.69, 9.17) is 14.0 Å². The van der Waals surface area contributed by atoms with Gasteiger partial charge in [-0.3, -0.25) is 4.79 Å². The van der Waals surface area contributed by atoms with Gasteiger partial charge < -0.3 is 19.3 Å². The number of aryl methyl sites for hydroxylation is 2. The second-order valence-corrected chi connectivity index (χ2v) is 6.22. The van der Waals surface area contributed by atoms with Crippen LogP contribution in [0.25, 0.3) is 0 Å². The summed E-state index contributed by atoms with van der Waals surface area (Å²) in [6.45, 7) is 3.57. The van der Waals surface area contributed by atoms with E-state index in [2.05, 4.69) is 10.5 Å². The molecule has 0 saturated heterocycles. The first-order valence-electron chi connectivity index (χ1n) is 8.69. The first-order chi connectivity index (χ1) is 13.5. The lowest BCUT2D eigenvalue weighted by atomic mass is 10.1. The molecule has 2 aromatic carbocycles. The molecule has 7 heteroatoms. The van der Waals surface area contributed by atoms with Crippen LogP contribution in [0.3, 0.4) is 0 Å². The minimum atomic E-state index is -0.647. The molecule has 0 aliphatic rings. The molecule has 1 heterocycles. The smallest absolute Gasteiger partial charge is 0.342 e. The van der Waals surface area contributed by atoms with Crippen LogP contribution in [0.2, 0.25) is 0 Å². The molecule has 1 N–H and O–H groups in total. The van der Waals surface area contributed by atoms with E-state index in [-0.39, 0.29) is 11.4 Å². The SMILES string of the molecule is Cc1cccc(COc2ccccc2C(=O)OCC(=O)Nc2cc(C)on2)c1. The number of esters is 1. The number of nitrogens with zero attached hydrogens (tertiary/aromatic N) is 1. The summed E-state index contributed by atoms with van der Waals surface area (Å²) < 4.78 is 15.7. The van der Waals surface area contributed by atoms with Gasteiger partial charge in [0.25, 0.3) is 5.91 Å². The molecule has 1 amide bonds. The predicted molar refractivity (Wildman–Crippen MR) is 102 cm³/mol. The van der Waals surface area contributed by atoms with Crippen molar-refractivity contribution in [2.45, 2.75) is 20.5 Å². The molecule has 0 fully saturated rings. The van der Waals surface area contributed by atoms with E-state index < -0.39 is 18.5 Å². The monoisotopic (exact) mass is 380 g/mol. The average Bonchev–Trinajstić information content (AvgIpc) is 3.09. The third-order valence-electron chi connectivity index (χ3n) is 3.81. The lowest BCUT2D eigenvalue weighted by Crippen LogP contribution is -2.21. The zero-order chi connectivity index (χ0) is 19.9. The van der Waals surface area contributed by atoms with E-state index in [1.807, 2.05) is 31.2 Å². The molecule has 144 valence electrons. The molecule has 7 nitrogen and oxygen atoms in total. The van der Waals surface area contributed by atoms with Gasteiger partial charge in [0.1, 0.15) is 23.7 Å². The van der Waals surface area contributed by atoms with Crippen molar-refractivity contribution in [3.8, 4) is 5.75 Å². The Bertz CT molecular complexity index is 980. The summed E-state index contributed by atoms with van der Waals surface area (Å²) in [5.74, 6) is 0.0556. The fourth-order valence-corrected chi connectivity index (χ4v) is 2.54. The topological polar surface area (TPSA) is 90.7 Å². The molecule has 3 rings (SSSR count). The van der Waals surface area contributed by atoms with Crippen LogP contribution in [0, 0.1) is 13.8 Å². The average molecular weight is 380 g/mol. The van der Waals surface area contributed by atoms with Crippen molar-refractivity contribution < 1.29 is 23.6 Å². The number of anilines is 1. The number of carbonyl (C=O) groups is 2. The summed E-state index contributed by atoms with van der Waals surface area (Å²) in [4.78, 5) is 24.3. The summed E-state index contributed by atoms with van der Waals surface area (Å²) in [6, 6.07) is 16.2. The Morgan fingerprint density at radius 2 is 1.89 bits per heavy atom. The number of benzene rings is 2. The van der Waals surface area contributed by atoms with Crippen molar-refractivity contribution in [2.24, 2.45) is 0 Å². The molecule has 0 aliphatic heterocycles. The molecule has 0 unspecified atom stereocenters. The standard InChI is InChI=1S/C21H20N2O5/c1-14-6-5-7-16(10-14)12-26-18-9-4-3-8-17(18)21(25)27-13-20(24)22-19-11-15(2)28-23-19/h3-11H,12-13H2,1-2H3,(H,22,23,24). The fraction of sp³-hybridized carbons (Fsp3) is 0.190. The zero-order valence-electron chi connectivity index (χ0n) is 15.6. The van der Waals surface area contributed by atoms with Crippen molar-refractivity contribution in [1.29, 1.82) is 0 Å². The van der Waals surface area contributed by atoms with Gasteiger partial charge in [0.05, 0.1) is 0 Å². The summed E-state index contributed by atoms with van der Waals surface area (Å²) in [5.41, 5.74) is 2.37. The number of hydrogen-bond donors (Lipinski definition) is 1. The molecule has 0 radical (unpaired) electrons. The number of ether oxygens (including phenoxy) is 2. The molecule has 28 heavy (non-hydrogen) atoms. The fourth-order valence-electron chi connectivity index (χ4n) is 2.54. The first-order valence-corrected chi connectivity index (χ1v) is 8.69.